The van der Waals surface area contributed by atoms with E-state index in [0.29, 0.717) is 12.1 Å². The molecular weight excluding hydrogens is 218 g/mol. The van der Waals surface area contributed by atoms with E-state index in [1.807, 2.05) is 19.1 Å². The average Bonchev–Trinajstić information content (AvgIpc) is 2.80. The smallest absolute Gasteiger partial charge is 0.264 e. The van der Waals surface area contributed by atoms with Crippen molar-refractivity contribution in [1.82, 2.24) is 4.90 Å². The number of aryl methyl sites for hydroxylation is 1. The van der Waals surface area contributed by atoms with Gasteiger partial charge in [-0.15, -0.1) is 11.3 Å². The van der Waals surface area contributed by atoms with Crippen LogP contribution in [0.15, 0.2) is 24.3 Å². The van der Waals surface area contributed by atoms with Crippen LogP contribution in [0.25, 0.3) is 0 Å². The molecule has 3 heterocycles. The summed E-state index contributed by atoms with van der Waals surface area (Å²) in [5.41, 5.74) is 0. The molecule has 2 aliphatic rings. The molecule has 1 aromatic heterocycles. The third kappa shape index (κ3) is 1.50. The van der Waals surface area contributed by atoms with Gasteiger partial charge in [0.25, 0.3) is 5.91 Å². The Morgan fingerprint density at radius 3 is 3.00 bits per heavy atom. The summed E-state index contributed by atoms with van der Waals surface area (Å²) < 4.78 is 0. The van der Waals surface area contributed by atoms with E-state index in [0.717, 1.165) is 24.1 Å². The monoisotopic (exact) mass is 233 g/mol. The maximum absolute atomic E-state index is 12.4. The predicted molar refractivity (Wildman–Crippen MR) is 65.8 cm³/mol. The molecule has 3 rings (SSSR count). The van der Waals surface area contributed by atoms with Crippen LogP contribution in [0.5, 0.6) is 0 Å². The van der Waals surface area contributed by atoms with Crippen LogP contribution in [-0.4, -0.2) is 22.9 Å². The molecule has 0 spiro atoms. The summed E-state index contributed by atoms with van der Waals surface area (Å²) in [5, 5.41) is 0. The SMILES string of the molecule is Cc1ccc(C(=O)N2[C@H]3CC=C[C@H]2CC3)s1. The number of amides is 1. The molecule has 1 amide bonds. The second-order valence-electron chi connectivity index (χ2n) is 4.59. The number of rotatable bonds is 1. The van der Waals surface area contributed by atoms with Crippen LogP contribution in [0.1, 0.15) is 33.8 Å². The summed E-state index contributed by atoms with van der Waals surface area (Å²) in [5.74, 6) is 0.231. The Kier molecular flexibility index (Phi) is 2.36. The standard InChI is InChI=1S/C13H15NOS/c1-9-5-8-12(16-9)13(15)14-10-3-2-4-11(14)7-6-10/h2-3,5,8,10-11H,4,6-7H2,1H3/t10-,11-/m0/s1. The lowest BCUT2D eigenvalue weighted by atomic mass is 10.1. The highest BCUT2D eigenvalue weighted by Crippen LogP contribution is 2.33. The van der Waals surface area contributed by atoms with Crippen LogP contribution in [0.3, 0.4) is 0 Å². The van der Waals surface area contributed by atoms with Crippen molar-refractivity contribution in [2.45, 2.75) is 38.3 Å². The van der Waals surface area contributed by atoms with Crippen LogP contribution in [0.4, 0.5) is 0 Å². The molecule has 16 heavy (non-hydrogen) atoms. The van der Waals surface area contributed by atoms with Gasteiger partial charge in [-0.1, -0.05) is 12.2 Å². The Bertz CT molecular complexity index is 449. The third-order valence-electron chi connectivity index (χ3n) is 3.50. The van der Waals surface area contributed by atoms with Crippen LogP contribution in [0, 0.1) is 6.92 Å². The lowest BCUT2D eigenvalue weighted by Crippen LogP contribution is -2.41. The summed E-state index contributed by atoms with van der Waals surface area (Å²) in [4.78, 5) is 16.6. The fraction of sp³-hybridized carbons (Fsp3) is 0.462. The molecule has 0 N–H and O–H groups in total. The fourth-order valence-corrected chi connectivity index (χ4v) is 3.53. The number of thiophene rings is 1. The molecule has 0 unspecified atom stereocenters. The van der Waals surface area contributed by atoms with Crippen molar-refractivity contribution in [3.8, 4) is 0 Å². The summed E-state index contributed by atoms with van der Waals surface area (Å²) >= 11 is 1.61. The zero-order chi connectivity index (χ0) is 11.1. The molecule has 2 aliphatic heterocycles. The maximum atomic E-state index is 12.4. The van der Waals surface area contributed by atoms with Crippen molar-refractivity contribution in [3.63, 3.8) is 0 Å². The number of hydrogen-bond donors (Lipinski definition) is 0. The lowest BCUT2D eigenvalue weighted by Gasteiger charge is -2.31. The summed E-state index contributed by atoms with van der Waals surface area (Å²) in [6.07, 6.45) is 7.76. The second-order valence-corrected chi connectivity index (χ2v) is 5.87. The van der Waals surface area contributed by atoms with Crippen molar-refractivity contribution in [2.75, 3.05) is 0 Å². The molecule has 0 aromatic carbocycles. The third-order valence-corrected chi connectivity index (χ3v) is 4.49. The van der Waals surface area contributed by atoms with Crippen LogP contribution < -0.4 is 0 Å². The van der Waals surface area contributed by atoms with E-state index in [2.05, 4.69) is 17.1 Å². The molecule has 0 radical (unpaired) electrons. The van der Waals surface area contributed by atoms with Gasteiger partial charge < -0.3 is 4.90 Å². The highest BCUT2D eigenvalue weighted by molar-refractivity contribution is 7.13. The van der Waals surface area contributed by atoms with Gasteiger partial charge in [0.2, 0.25) is 0 Å². The molecule has 84 valence electrons. The zero-order valence-electron chi connectivity index (χ0n) is 9.35. The normalized spacial score (nSPS) is 27.4. The van der Waals surface area contributed by atoms with Crippen molar-refractivity contribution in [1.29, 1.82) is 0 Å². The first-order valence-electron chi connectivity index (χ1n) is 5.81. The number of carbonyl (C=O) groups is 1. The Hall–Kier alpha value is -1.09. The molecule has 0 saturated carbocycles. The average molecular weight is 233 g/mol. The first kappa shape index (κ1) is 10.1. The van der Waals surface area contributed by atoms with Gasteiger partial charge in [0.15, 0.2) is 0 Å². The summed E-state index contributed by atoms with van der Waals surface area (Å²) in [7, 11) is 0. The van der Waals surface area contributed by atoms with Gasteiger partial charge in [0.1, 0.15) is 0 Å². The Morgan fingerprint density at radius 1 is 1.44 bits per heavy atom. The maximum Gasteiger partial charge on any atom is 0.264 e. The van der Waals surface area contributed by atoms with Crippen molar-refractivity contribution in [3.05, 3.63) is 34.0 Å². The molecule has 0 aliphatic carbocycles. The Labute approximate surface area is 99.6 Å². The van der Waals surface area contributed by atoms with E-state index in [1.54, 1.807) is 11.3 Å². The summed E-state index contributed by atoms with van der Waals surface area (Å²) in [6.45, 7) is 2.05. The molecule has 3 heteroatoms. The number of hydrogen-bond acceptors (Lipinski definition) is 2. The minimum absolute atomic E-state index is 0.231. The quantitative estimate of drug-likeness (QED) is 0.683. The van der Waals surface area contributed by atoms with Crippen LogP contribution in [-0.2, 0) is 0 Å². The van der Waals surface area contributed by atoms with Crippen molar-refractivity contribution >= 4 is 17.2 Å². The molecule has 2 bridgehead atoms. The van der Waals surface area contributed by atoms with Gasteiger partial charge in [-0.05, 0) is 38.3 Å². The van der Waals surface area contributed by atoms with Gasteiger partial charge >= 0.3 is 0 Å². The van der Waals surface area contributed by atoms with Crippen LogP contribution >= 0.6 is 11.3 Å². The Balaban J connectivity index is 1.88. The topological polar surface area (TPSA) is 20.3 Å². The van der Waals surface area contributed by atoms with E-state index in [1.165, 1.54) is 4.88 Å². The molecule has 2 nitrogen and oxygen atoms in total. The van der Waals surface area contributed by atoms with Gasteiger partial charge in [-0.3, -0.25) is 4.79 Å². The number of carbonyl (C=O) groups excluding carboxylic acids is 1. The highest BCUT2D eigenvalue weighted by atomic mass is 32.1. The highest BCUT2D eigenvalue weighted by Gasteiger charge is 2.37. The van der Waals surface area contributed by atoms with Gasteiger partial charge in [-0.25, -0.2) is 0 Å². The largest absolute Gasteiger partial charge is 0.328 e. The fourth-order valence-electron chi connectivity index (χ4n) is 2.72. The molecule has 1 fully saturated rings. The summed E-state index contributed by atoms with van der Waals surface area (Å²) in [6, 6.07) is 4.79. The van der Waals surface area contributed by atoms with E-state index >= 15 is 0 Å². The van der Waals surface area contributed by atoms with E-state index in [-0.39, 0.29) is 5.91 Å². The van der Waals surface area contributed by atoms with Gasteiger partial charge in [-0.2, -0.15) is 0 Å². The van der Waals surface area contributed by atoms with E-state index in [4.69, 9.17) is 0 Å². The van der Waals surface area contributed by atoms with Gasteiger partial charge in [0, 0.05) is 10.9 Å². The zero-order valence-corrected chi connectivity index (χ0v) is 10.2. The second kappa shape index (κ2) is 3.74. The van der Waals surface area contributed by atoms with Gasteiger partial charge in [0.05, 0.1) is 10.9 Å². The molecular formula is C13H15NOS. The number of nitrogens with zero attached hydrogens (tertiary/aromatic N) is 1. The molecule has 1 saturated heterocycles. The predicted octanol–water partition coefficient (Wildman–Crippen LogP) is 2.99. The minimum atomic E-state index is 0.231. The van der Waals surface area contributed by atoms with Crippen molar-refractivity contribution < 1.29 is 4.79 Å². The van der Waals surface area contributed by atoms with E-state index < -0.39 is 0 Å². The Morgan fingerprint density at radius 2 is 2.31 bits per heavy atom. The number of fused-ring (bicyclic) bond motifs is 2. The molecule has 2 atom stereocenters. The van der Waals surface area contributed by atoms with Crippen molar-refractivity contribution in [2.24, 2.45) is 0 Å². The van der Waals surface area contributed by atoms with Crippen LogP contribution in [0.2, 0.25) is 0 Å². The molecule has 1 aromatic rings. The minimum Gasteiger partial charge on any atom is -0.328 e. The first-order valence-corrected chi connectivity index (χ1v) is 6.63. The van der Waals surface area contributed by atoms with E-state index in [9.17, 15) is 4.79 Å². The first-order chi connectivity index (χ1) is 7.75. The lowest BCUT2D eigenvalue weighted by molar-refractivity contribution is 0.0694.